The minimum atomic E-state index is -3.73. The smallest absolute Gasteiger partial charge is 0.241 e. The summed E-state index contributed by atoms with van der Waals surface area (Å²) in [6.45, 7) is 1.97. The number of hydrogen-bond acceptors (Lipinski definition) is 3. The van der Waals surface area contributed by atoms with Crippen LogP contribution in [0.4, 0.5) is 0 Å². The first kappa shape index (κ1) is 16.5. The average molecular weight is 322 g/mol. The van der Waals surface area contributed by atoms with E-state index in [4.69, 9.17) is 11.6 Å². The van der Waals surface area contributed by atoms with Crippen LogP contribution < -0.4 is 4.72 Å². The van der Waals surface area contributed by atoms with Crippen molar-refractivity contribution >= 4 is 39.4 Å². The van der Waals surface area contributed by atoms with Crippen molar-refractivity contribution in [3.05, 3.63) is 29.3 Å². The third-order valence-electron chi connectivity index (χ3n) is 2.57. The van der Waals surface area contributed by atoms with Gasteiger partial charge < -0.3 is 0 Å². The van der Waals surface area contributed by atoms with Gasteiger partial charge in [0.05, 0.1) is 10.9 Å². The second kappa shape index (κ2) is 7.28. The van der Waals surface area contributed by atoms with E-state index >= 15 is 0 Å². The van der Waals surface area contributed by atoms with Crippen molar-refractivity contribution in [2.45, 2.75) is 37.1 Å². The van der Waals surface area contributed by atoms with E-state index in [0.717, 1.165) is 12.8 Å². The number of carbonyl (C=O) groups is 1. The summed E-state index contributed by atoms with van der Waals surface area (Å²) in [7, 11) is -3.73. The molecule has 4 nitrogen and oxygen atoms in total. The Hall–Kier alpha value is -0.560. The van der Waals surface area contributed by atoms with Gasteiger partial charge in [0.15, 0.2) is 0 Å². The molecule has 106 valence electrons. The number of benzene rings is 1. The van der Waals surface area contributed by atoms with E-state index in [1.165, 1.54) is 24.3 Å². The van der Waals surface area contributed by atoms with Crippen molar-refractivity contribution in [3.8, 4) is 0 Å². The zero-order valence-corrected chi connectivity index (χ0v) is 12.9. The molecule has 0 fully saturated rings. The SMILES string of the molecule is CCCC[C@H](NS(=O)(=O)c1ccc(Cl)cc1)C(=O)S. The topological polar surface area (TPSA) is 63.2 Å². The van der Waals surface area contributed by atoms with E-state index in [0.29, 0.717) is 11.4 Å². The number of unbranched alkanes of at least 4 members (excludes halogenated alkanes) is 1. The van der Waals surface area contributed by atoms with Crippen LogP contribution in [0.3, 0.4) is 0 Å². The van der Waals surface area contributed by atoms with Crippen LogP contribution in [0, 0.1) is 0 Å². The molecule has 1 aromatic rings. The standard InChI is InChI=1S/C12H16ClNO3S2/c1-2-3-4-11(12(15)18)14-19(16,17)10-7-5-9(13)6-8-10/h5-8,11,14H,2-4H2,1H3,(H,15,18)/t11-/m0/s1. The van der Waals surface area contributed by atoms with Gasteiger partial charge >= 0.3 is 0 Å². The zero-order chi connectivity index (χ0) is 14.5. The van der Waals surface area contributed by atoms with Gasteiger partial charge in [-0.15, -0.1) is 12.6 Å². The Labute approximate surface area is 124 Å². The summed E-state index contributed by atoms with van der Waals surface area (Å²) < 4.78 is 26.5. The van der Waals surface area contributed by atoms with Crippen LogP contribution in [0.25, 0.3) is 0 Å². The second-order valence-corrected chi connectivity index (χ2v) is 6.70. The molecule has 1 atom stereocenters. The number of halogens is 1. The lowest BCUT2D eigenvalue weighted by Gasteiger charge is -2.15. The van der Waals surface area contributed by atoms with Crippen molar-refractivity contribution < 1.29 is 13.2 Å². The molecule has 7 heteroatoms. The number of nitrogens with one attached hydrogen (secondary N) is 1. The predicted octanol–water partition coefficient (Wildman–Crippen LogP) is 2.63. The first-order valence-electron chi connectivity index (χ1n) is 5.87. The molecule has 0 aromatic heterocycles. The quantitative estimate of drug-likeness (QED) is 0.759. The third-order valence-corrected chi connectivity index (χ3v) is 4.62. The Bertz CT molecular complexity index is 528. The van der Waals surface area contributed by atoms with E-state index in [2.05, 4.69) is 17.4 Å². The van der Waals surface area contributed by atoms with Crippen LogP contribution in [0.15, 0.2) is 29.2 Å². The van der Waals surface area contributed by atoms with Gasteiger partial charge in [-0.1, -0.05) is 31.4 Å². The number of sulfonamides is 1. The number of hydrogen-bond donors (Lipinski definition) is 2. The summed E-state index contributed by atoms with van der Waals surface area (Å²) in [6.07, 6.45) is 2.06. The Morgan fingerprint density at radius 1 is 1.37 bits per heavy atom. The van der Waals surface area contributed by atoms with Crippen molar-refractivity contribution in [2.24, 2.45) is 0 Å². The van der Waals surface area contributed by atoms with Crippen LogP contribution >= 0.6 is 24.2 Å². The molecule has 19 heavy (non-hydrogen) atoms. The van der Waals surface area contributed by atoms with Crippen molar-refractivity contribution in [2.75, 3.05) is 0 Å². The molecular weight excluding hydrogens is 306 g/mol. The van der Waals surface area contributed by atoms with Crippen LogP contribution in [-0.2, 0) is 14.8 Å². The largest absolute Gasteiger partial charge is 0.286 e. The molecule has 0 saturated carbocycles. The van der Waals surface area contributed by atoms with Gasteiger partial charge in [-0.05, 0) is 30.7 Å². The molecule has 1 rings (SSSR count). The summed E-state index contributed by atoms with van der Waals surface area (Å²) in [4.78, 5) is 11.4. The summed E-state index contributed by atoms with van der Waals surface area (Å²) in [5.74, 6) is 0. The fourth-order valence-corrected chi connectivity index (χ4v) is 3.15. The number of carbonyl (C=O) groups excluding carboxylic acids is 1. The Kier molecular flexibility index (Phi) is 6.32. The van der Waals surface area contributed by atoms with E-state index < -0.39 is 21.2 Å². The first-order chi connectivity index (χ1) is 8.86. The number of rotatable bonds is 7. The summed E-state index contributed by atoms with van der Waals surface area (Å²) >= 11 is 9.42. The lowest BCUT2D eigenvalue weighted by molar-refractivity contribution is -0.112. The van der Waals surface area contributed by atoms with Crippen molar-refractivity contribution in [3.63, 3.8) is 0 Å². The summed E-state index contributed by atoms with van der Waals surface area (Å²) in [5, 5.41) is -0.0299. The van der Waals surface area contributed by atoms with Crippen LogP contribution in [0.2, 0.25) is 5.02 Å². The molecular formula is C12H16ClNO3S2. The van der Waals surface area contributed by atoms with Crippen LogP contribution in [0.5, 0.6) is 0 Å². The number of thiol groups is 1. The fourth-order valence-electron chi connectivity index (χ4n) is 1.51. The Morgan fingerprint density at radius 2 is 1.95 bits per heavy atom. The van der Waals surface area contributed by atoms with Crippen LogP contribution in [0.1, 0.15) is 26.2 Å². The highest BCUT2D eigenvalue weighted by Gasteiger charge is 2.23. The average Bonchev–Trinajstić information content (AvgIpc) is 2.34. The molecule has 0 aliphatic rings. The summed E-state index contributed by atoms with van der Waals surface area (Å²) in [5.41, 5.74) is 0. The van der Waals surface area contributed by atoms with Crippen molar-refractivity contribution in [1.29, 1.82) is 0 Å². The van der Waals surface area contributed by atoms with Gasteiger partial charge in [-0.2, -0.15) is 4.72 Å². The maximum atomic E-state index is 12.1. The Morgan fingerprint density at radius 3 is 2.42 bits per heavy atom. The van der Waals surface area contributed by atoms with Gasteiger partial charge in [-0.25, -0.2) is 8.42 Å². The highest BCUT2D eigenvalue weighted by molar-refractivity contribution is 7.97. The third kappa shape index (κ3) is 5.14. The highest BCUT2D eigenvalue weighted by atomic mass is 35.5. The molecule has 0 aliphatic heterocycles. The van der Waals surface area contributed by atoms with E-state index in [1.54, 1.807) is 0 Å². The maximum absolute atomic E-state index is 12.1. The molecule has 0 radical (unpaired) electrons. The highest BCUT2D eigenvalue weighted by Crippen LogP contribution is 2.15. The molecule has 0 saturated heterocycles. The monoisotopic (exact) mass is 321 g/mol. The molecule has 0 unspecified atom stereocenters. The minimum Gasteiger partial charge on any atom is -0.286 e. The fraction of sp³-hybridized carbons (Fsp3) is 0.417. The predicted molar refractivity (Wildman–Crippen MR) is 79.1 cm³/mol. The van der Waals surface area contributed by atoms with E-state index in [-0.39, 0.29) is 4.90 Å². The van der Waals surface area contributed by atoms with Gasteiger partial charge in [0, 0.05) is 5.02 Å². The van der Waals surface area contributed by atoms with Gasteiger partial charge in [0.25, 0.3) is 0 Å². The lowest BCUT2D eigenvalue weighted by atomic mass is 10.1. The molecule has 0 spiro atoms. The van der Waals surface area contributed by atoms with Gasteiger partial charge in [-0.3, -0.25) is 4.79 Å². The van der Waals surface area contributed by atoms with E-state index in [1.807, 2.05) is 6.92 Å². The molecule has 1 aromatic carbocycles. The maximum Gasteiger partial charge on any atom is 0.241 e. The van der Waals surface area contributed by atoms with E-state index in [9.17, 15) is 13.2 Å². The van der Waals surface area contributed by atoms with Gasteiger partial charge in [0.1, 0.15) is 0 Å². The lowest BCUT2D eigenvalue weighted by Crippen LogP contribution is -2.38. The normalized spacial score (nSPS) is 13.2. The minimum absolute atomic E-state index is 0.0768. The first-order valence-corrected chi connectivity index (χ1v) is 8.18. The summed E-state index contributed by atoms with van der Waals surface area (Å²) in [6, 6.07) is 4.96. The zero-order valence-electron chi connectivity index (χ0n) is 10.5. The molecule has 0 bridgehead atoms. The van der Waals surface area contributed by atoms with Crippen LogP contribution in [-0.4, -0.2) is 19.6 Å². The molecule has 0 heterocycles. The molecule has 0 aliphatic carbocycles. The molecule has 1 N–H and O–H groups in total. The molecule has 0 amide bonds. The van der Waals surface area contributed by atoms with Crippen molar-refractivity contribution in [1.82, 2.24) is 4.72 Å². The Balaban J connectivity index is 2.87. The van der Waals surface area contributed by atoms with Gasteiger partial charge in [0.2, 0.25) is 15.1 Å². The second-order valence-electron chi connectivity index (χ2n) is 4.11.